The largest absolute Gasteiger partial charge is 0.299 e. The molecule has 0 aliphatic heterocycles. The molecule has 0 unspecified atom stereocenters. The number of ketones is 1. The van der Waals surface area contributed by atoms with Crippen LogP contribution in [0, 0.1) is 39.9 Å². The second-order valence-corrected chi connectivity index (χ2v) is 9.84. The molecule has 0 N–H and O–H groups in total. The van der Waals surface area contributed by atoms with E-state index in [1.807, 2.05) is 0 Å². The van der Waals surface area contributed by atoms with Crippen LogP contribution in [-0.4, -0.2) is 5.78 Å². The summed E-state index contributed by atoms with van der Waals surface area (Å²) in [5.41, 5.74) is 1.02. The fraction of sp³-hybridized carbons (Fsp3) is 0.950. The van der Waals surface area contributed by atoms with E-state index in [2.05, 4.69) is 27.7 Å². The molecule has 0 aromatic heterocycles. The highest BCUT2D eigenvalue weighted by atomic mass is 16.1. The third kappa shape index (κ3) is 1.61. The quantitative estimate of drug-likeness (QED) is 0.596. The van der Waals surface area contributed by atoms with Crippen LogP contribution in [-0.2, 0) is 4.79 Å². The van der Waals surface area contributed by atoms with Gasteiger partial charge < -0.3 is 0 Å². The first-order valence-electron chi connectivity index (χ1n) is 9.36. The van der Waals surface area contributed by atoms with Crippen molar-refractivity contribution in [3.05, 3.63) is 0 Å². The average molecular weight is 288 g/mol. The predicted octanol–water partition coefficient (Wildman–Crippen LogP) is 5.23. The highest BCUT2D eigenvalue weighted by Crippen LogP contribution is 2.71. The topological polar surface area (TPSA) is 17.1 Å². The Kier molecular flexibility index (Phi) is 2.82. The van der Waals surface area contributed by atoms with Crippen LogP contribution in [0.1, 0.15) is 79.1 Å². The maximum atomic E-state index is 13.1. The molecular weight excluding hydrogens is 256 g/mol. The Hall–Kier alpha value is -0.330. The summed E-state index contributed by atoms with van der Waals surface area (Å²) in [6, 6.07) is 0. The summed E-state index contributed by atoms with van der Waals surface area (Å²) in [7, 11) is 0. The molecule has 21 heavy (non-hydrogen) atoms. The molecule has 0 heterocycles. The van der Waals surface area contributed by atoms with Gasteiger partial charge in [0.1, 0.15) is 5.78 Å². The molecule has 4 saturated carbocycles. The number of carbonyl (C=O) groups is 1. The SMILES string of the molecule is C[C@@H]1C(=O)[C@@]23CC[C@H]4C(C)(C)CCC[C@]4(C)[C@H]2CC[C@@H]1C3. The van der Waals surface area contributed by atoms with Crippen LogP contribution in [0.2, 0.25) is 0 Å². The van der Waals surface area contributed by atoms with Crippen molar-refractivity contribution in [2.45, 2.75) is 79.1 Å². The molecule has 118 valence electrons. The summed E-state index contributed by atoms with van der Waals surface area (Å²) >= 11 is 0. The van der Waals surface area contributed by atoms with E-state index in [1.54, 1.807) is 0 Å². The molecule has 0 aromatic rings. The Bertz CT molecular complexity index is 478. The zero-order valence-electron chi connectivity index (χ0n) is 14.4. The summed E-state index contributed by atoms with van der Waals surface area (Å²) < 4.78 is 0. The van der Waals surface area contributed by atoms with E-state index in [1.165, 1.54) is 51.4 Å². The fourth-order valence-electron chi connectivity index (χ4n) is 7.80. The van der Waals surface area contributed by atoms with E-state index in [0.29, 0.717) is 34.4 Å². The molecule has 2 bridgehead atoms. The van der Waals surface area contributed by atoms with E-state index in [0.717, 1.165) is 5.92 Å². The van der Waals surface area contributed by atoms with Crippen molar-refractivity contribution < 1.29 is 4.79 Å². The van der Waals surface area contributed by atoms with Gasteiger partial charge in [-0.15, -0.1) is 0 Å². The van der Waals surface area contributed by atoms with Crippen LogP contribution in [0.25, 0.3) is 0 Å². The number of carbonyl (C=O) groups excluding carboxylic acids is 1. The second kappa shape index (κ2) is 4.15. The van der Waals surface area contributed by atoms with E-state index < -0.39 is 0 Å². The first-order chi connectivity index (χ1) is 9.81. The first-order valence-corrected chi connectivity index (χ1v) is 9.36. The molecule has 1 nitrogen and oxygen atoms in total. The maximum absolute atomic E-state index is 13.1. The number of hydrogen-bond acceptors (Lipinski definition) is 1. The van der Waals surface area contributed by atoms with Crippen LogP contribution in [0.4, 0.5) is 0 Å². The lowest BCUT2D eigenvalue weighted by molar-refractivity contribution is -0.161. The third-order valence-electron chi connectivity index (χ3n) is 8.68. The maximum Gasteiger partial charge on any atom is 0.142 e. The number of hydrogen-bond donors (Lipinski definition) is 0. The van der Waals surface area contributed by atoms with Crippen molar-refractivity contribution >= 4 is 5.78 Å². The van der Waals surface area contributed by atoms with Gasteiger partial charge in [0, 0.05) is 11.3 Å². The van der Waals surface area contributed by atoms with Gasteiger partial charge >= 0.3 is 0 Å². The summed E-state index contributed by atoms with van der Waals surface area (Å²) in [4.78, 5) is 13.1. The van der Waals surface area contributed by atoms with Crippen LogP contribution in [0.15, 0.2) is 0 Å². The summed E-state index contributed by atoms with van der Waals surface area (Å²) in [6.45, 7) is 9.79. The number of fused-ring (bicyclic) bond motifs is 3. The molecule has 0 aromatic carbocycles. The lowest BCUT2D eigenvalue weighted by atomic mass is 9.41. The highest BCUT2D eigenvalue weighted by molar-refractivity contribution is 5.90. The van der Waals surface area contributed by atoms with E-state index >= 15 is 0 Å². The molecule has 0 radical (unpaired) electrons. The van der Waals surface area contributed by atoms with Crippen molar-refractivity contribution in [1.82, 2.24) is 0 Å². The van der Waals surface area contributed by atoms with Crippen molar-refractivity contribution in [3.8, 4) is 0 Å². The molecule has 4 rings (SSSR count). The Morgan fingerprint density at radius 2 is 1.71 bits per heavy atom. The second-order valence-electron chi connectivity index (χ2n) is 9.84. The fourth-order valence-corrected chi connectivity index (χ4v) is 7.80. The van der Waals surface area contributed by atoms with Gasteiger partial charge in [0.15, 0.2) is 0 Å². The minimum absolute atomic E-state index is 0.0982. The standard InChI is InChI=1S/C20H32O/c1-13-14-6-7-16-19(4)10-5-9-18(2,3)15(19)8-11-20(16,12-14)17(13)21/h13-16H,5-12H2,1-4H3/t13-,14+,15-,16+,19-,20+/m0/s1. The first kappa shape index (κ1) is 14.3. The summed E-state index contributed by atoms with van der Waals surface area (Å²) in [5.74, 6) is 3.27. The highest BCUT2D eigenvalue weighted by Gasteiger charge is 2.66. The minimum atomic E-state index is 0.0982. The van der Waals surface area contributed by atoms with Crippen molar-refractivity contribution in [3.63, 3.8) is 0 Å². The molecule has 6 atom stereocenters. The van der Waals surface area contributed by atoms with Crippen molar-refractivity contribution in [2.75, 3.05) is 0 Å². The van der Waals surface area contributed by atoms with Gasteiger partial charge in [-0.2, -0.15) is 0 Å². The van der Waals surface area contributed by atoms with Gasteiger partial charge in [-0.25, -0.2) is 0 Å². The lowest BCUT2D eigenvalue weighted by Gasteiger charge is -2.63. The Balaban J connectivity index is 1.77. The van der Waals surface area contributed by atoms with E-state index in [4.69, 9.17) is 0 Å². The van der Waals surface area contributed by atoms with Crippen molar-refractivity contribution in [2.24, 2.45) is 39.9 Å². The molecular formula is C20H32O. The molecule has 4 aliphatic carbocycles. The smallest absolute Gasteiger partial charge is 0.142 e. The molecule has 4 aliphatic rings. The van der Waals surface area contributed by atoms with Crippen molar-refractivity contribution in [1.29, 1.82) is 0 Å². The van der Waals surface area contributed by atoms with Gasteiger partial charge in [-0.3, -0.25) is 4.79 Å². The number of Topliss-reactive ketones (excluding diaryl/α,β-unsaturated/α-hetero) is 1. The van der Waals surface area contributed by atoms with Crippen LogP contribution in [0.3, 0.4) is 0 Å². The molecule has 0 amide bonds. The van der Waals surface area contributed by atoms with Gasteiger partial charge in [-0.1, -0.05) is 34.1 Å². The Morgan fingerprint density at radius 1 is 0.952 bits per heavy atom. The normalized spacial score (nSPS) is 55.0. The van der Waals surface area contributed by atoms with E-state index in [9.17, 15) is 4.79 Å². The average Bonchev–Trinajstić information content (AvgIpc) is 2.59. The van der Waals surface area contributed by atoms with Gasteiger partial charge in [0.25, 0.3) is 0 Å². The Labute approximate surface area is 130 Å². The minimum Gasteiger partial charge on any atom is -0.299 e. The third-order valence-corrected chi connectivity index (χ3v) is 8.68. The lowest BCUT2D eigenvalue weighted by Crippen LogP contribution is -2.57. The molecule has 0 saturated heterocycles. The summed E-state index contributed by atoms with van der Waals surface area (Å²) in [6.07, 6.45) is 10.6. The van der Waals surface area contributed by atoms with Gasteiger partial charge in [0.2, 0.25) is 0 Å². The van der Waals surface area contributed by atoms with E-state index in [-0.39, 0.29) is 5.41 Å². The Morgan fingerprint density at radius 3 is 2.48 bits per heavy atom. The van der Waals surface area contributed by atoms with Crippen LogP contribution < -0.4 is 0 Å². The zero-order chi connectivity index (χ0) is 15.0. The molecule has 4 fully saturated rings. The molecule has 1 heteroatoms. The monoisotopic (exact) mass is 288 g/mol. The van der Waals surface area contributed by atoms with Crippen LogP contribution >= 0.6 is 0 Å². The zero-order valence-corrected chi connectivity index (χ0v) is 14.4. The molecule has 1 spiro atoms. The van der Waals surface area contributed by atoms with Gasteiger partial charge in [0.05, 0.1) is 0 Å². The number of rotatable bonds is 0. The predicted molar refractivity (Wildman–Crippen MR) is 85.9 cm³/mol. The van der Waals surface area contributed by atoms with Crippen LogP contribution in [0.5, 0.6) is 0 Å². The summed E-state index contributed by atoms with van der Waals surface area (Å²) in [5, 5.41) is 0. The van der Waals surface area contributed by atoms with Gasteiger partial charge in [-0.05, 0) is 73.5 Å².